The highest BCUT2D eigenvalue weighted by Crippen LogP contribution is 2.34. The van der Waals surface area contributed by atoms with E-state index in [1.165, 1.54) is 0 Å². The van der Waals surface area contributed by atoms with Gasteiger partial charge in [-0.1, -0.05) is 60.2 Å². The fraction of sp³-hybridized carbons (Fsp3) is 0.200. The molecule has 0 saturated heterocycles. The SMILES string of the molecule is COc1ccccc1NC(=O)C[C@H](c1ccc(C)cc1)N1Cc2ccccc2C1=O. The Kier molecular flexibility index (Phi) is 5.53. The second-order valence-electron chi connectivity index (χ2n) is 7.47. The van der Waals surface area contributed by atoms with Crippen LogP contribution in [0.5, 0.6) is 5.75 Å². The first kappa shape index (κ1) is 19.7. The maximum atomic E-state index is 13.1. The maximum Gasteiger partial charge on any atom is 0.255 e. The molecule has 0 bridgehead atoms. The molecule has 0 saturated carbocycles. The Bertz CT molecular complexity index is 1080. The molecule has 1 aliphatic heterocycles. The topological polar surface area (TPSA) is 58.6 Å². The summed E-state index contributed by atoms with van der Waals surface area (Å²) in [5, 5.41) is 2.93. The van der Waals surface area contributed by atoms with E-state index in [2.05, 4.69) is 5.32 Å². The fourth-order valence-corrected chi connectivity index (χ4v) is 3.85. The first-order chi connectivity index (χ1) is 14.6. The van der Waals surface area contributed by atoms with Gasteiger partial charge in [-0.3, -0.25) is 9.59 Å². The average molecular weight is 400 g/mol. The van der Waals surface area contributed by atoms with Gasteiger partial charge in [0.1, 0.15) is 5.75 Å². The number of hydrogen-bond acceptors (Lipinski definition) is 3. The van der Waals surface area contributed by atoms with E-state index >= 15 is 0 Å². The Hall–Kier alpha value is -3.60. The van der Waals surface area contributed by atoms with Crippen molar-refractivity contribution in [1.82, 2.24) is 4.90 Å². The molecule has 1 atom stereocenters. The number of fused-ring (bicyclic) bond motifs is 1. The van der Waals surface area contributed by atoms with Crippen molar-refractivity contribution >= 4 is 17.5 Å². The summed E-state index contributed by atoms with van der Waals surface area (Å²) < 4.78 is 5.33. The predicted octanol–water partition coefficient (Wildman–Crippen LogP) is 4.73. The molecule has 3 aromatic carbocycles. The van der Waals surface area contributed by atoms with Gasteiger partial charge >= 0.3 is 0 Å². The smallest absolute Gasteiger partial charge is 0.255 e. The van der Waals surface area contributed by atoms with Crippen molar-refractivity contribution < 1.29 is 14.3 Å². The highest BCUT2D eigenvalue weighted by molar-refractivity contribution is 5.99. The van der Waals surface area contributed by atoms with E-state index in [9.17, 15) is 9.59 Å². The first-order valence-electron chi connectivity index (χ1n) is 9.95. The number of nitrogens with zero attached hydrogens (tertiary/aromatic N) is 1. The molecule has 1 heterocycles. The van der Waals surface area contributed by atoms with Crippen LogP contribution in [0.4, 0.5) is 5.69 Å². The van der Waals surface area contributed by atoms with E-state index in [1.807, 2.05) is 67.6 Å². The third-order valence-electron chi connectivity index (χ3n) is 5.45. The molecule has 5 nitrogen and oxygen atoms in total. The summed E-state index contributed by atoms with van der Waals surface area (Å²) in [7, 11) is 1.57. The highest BCUT2D eigenvalue weighted by atomic mass is 16.5. The summed E-state index contributed by atoms with van der Waals surface area (Å²) >= 11 is 0. The standard InChI is InChI=1S/C25H24N2O3/c1-17-11-13-18(14-12-17)22(27-16-19-7-3-4-8-20(19)25(27)29)15-24(28)26-21-9-5-6-10-23(21)30-2/h3-14,22H,15-16H2,1-2H3,(H,26,28)/t22-/m1/s1. The van der Waals surface area contributed by atoms with Crippen molar-refractivity contribution in [3.05, 3.63) is 95.1 Å². The number of para-hydroxylation sites is 2. The molecule has 0 spiro atoms. The van der Waals surface area contributed by atoms with Crippen molar-refractivity contribution in [1.29, 1.82) is 0 Å². The molecule has 0 aromatic heterocycles. The van der Waals surface area contributed by atoms with E-state index in [0.29, 0.717) is 23.5 Å². The van der Waals surface area contributed by atoms with Crippen LogP contribution in [0.2, 0.25) is 0 Å². The predicted molar refractivity (Wildman–Crippen MR) is 116 cm³/mol. The van der Waals surface area contributed by atoms with Crippen LogP contribution in [0.15, 0.2) is 72.8 Å². The van der Waals surface area contributed by atoms with E-state index in [4.69, 9.17) is 4.74 Å². The van der Waals surface area contributed by atoms with Gasteiger partial charge in [0.2, 0.25) is 5.91 Å². The van der Waals surface area contributed by atoms with E-state index < -0.39 is 0 Å². The number of benzene rings is 3. The molecule has 3 aromatic rings. The number of carbonyl (C=O) groups excluding carboxylic acids is 2. The zero-order chi connectivity index (χ0) is 21.1. The van der Waals surface area contributed by atoms with Gasteiger partial charge < -0.3 is 15.0 Å². The largest absolute Gasteiger partial charge is 0.495 e. The number of aryl methyl sites for hydroxylation is 1. The number of rotatable bonds is 6. The van der Waals surface area contributed by atoms with Gasteiger partial charge in [0, 0.05) is 12.1 Å². The zero-order valence-electron chi connectivity index (χ0n) is 17.1. The van der Waals surface area contributed by atoms with Crippen LogP contribution in [0, 0.1) is 6.92 Å². The van der Waals surface area contributed by atoms with Gasteiger partial charge in [-0.25, -0.2) is 0 Å². The minimum atomic E-state index is -0.361. The molecule has 5 heteroatoms. The van der Waals surface area contributed by atoms with Crippen LogP contribution in [0.1, 0.15) is 39.5 Å². The Morgan fingerprint density at radius 1 is 1.03 bits per heavy atom. The van der Waals surface area contributed by atoms with Crippen molar-refractivity contribution in [2.75, 3.05) is 12.4 Å². The molecule has 0 aliphatic carbocycles. The van der Waals surface area contributed by atoms with Gasteiger partial charge in [0.05, 0.1) is 25.3 Å². The van der Waals surface area contributed by atoms with Gasteiger partial charge in [0.15, 0.2) is 0 Å². The summed E-state index contributed by atoms with van der Waals surface area (Å²) in [6.45, 7) is 2.51. The molecule has 0 unspecified atom stereocenters. The average Bonchev–Trinajstić information content (AvgIpc) is 3.10. The third-order valence-corrected chi connectivity index (χ3v) is 5.45. The molecule has 1 aliphatic rings. The number of carbonyl (C=O) groups is 2. The van der Waals surface area contributed by atoms with Crippen LogP contribution in [-0.4, -0.2) is 23.8 Å². The van der Waals surface area contributed by atoms with Crippen molar-refractivity contribution in [2.45, 2.75) is 25.9 Å². The molecule has 30 heavy (non-hydrogen) atoms. The first-order valence-corrected chi connectivity index (χ1v) is 9.95. The number of anilines is 1. The number of nitrogens with one attached hydrogen (secondary N) is 1. The lowest BCUT2D eigenvalue weighted by Crippen LogP contribution is -2.32. The van der Waals surface area contributed by atoms with Crippen molar-refractivity contribution in [2.24, 2.45) is 0 Å². The summed E-state index contributed by atoms with van der Waals surface area (Å²) in [4.78, 5) is 27.8. The van der Waals surface area contributed by atoms with Crippen LogP contribution >= 0.6 is 0 Å². The van der Waals surface area contributed by atoms with E-state index in [1.54, 1.807) is 24.1 Å². The number of hydrogen-bond donors (Lipinski definition) is 1. The number of methoxy groups -OCH3 is 1. The number of amides is 2. The zero-order valence-corrected chi connectivity index (χ0v) is 17.1. The molecular formula is C25H24N2O3. The molecule has 152 valence electrons. The second kappa shape index (κ2) is 8.41. The lowest BCUT2D eigenvalue weighted by Gasteiger charge is -2.28. The summed E-state index contributed by atoms with van der Waals surface area (Å²) in [6, 6.07) is 22.6. The van der Waals surface area contributed by atoms with Crippen LogP contribution in [0.3, 0.4) is 0 Å². The molecule has 2 amide bonds. The van der Waals surface area contributed by atoms with Crippen molar-refractivity contribution in [3.8, 4) is 5.75 Å². The van der Waals surface area contributed by atoms with Gasteiger partial charge in [-0.15, -0.1) is 0 Å². The Labute approximate surface area is 176 Å². The van der Waals surface area contributed by atoms with E-state index in [0.717, 1.165) is 16.7 Å². The monoisotopic (exact) mass is 400 g/mol. The maximum absolute atomic E-state index is 13.1. The Balaban J connectivity index is 1.61. The molecule has 0 fully saturated rings. The highest BCUT2D eigenvalue weighted by Gasteiger charge is 2.34. The summed E-state index contributed by atoms with van der Waals surface area (Å²) in [5.74, 6) is 0.387. The normalized spacial score (nSPS) is 13.7. The minimum absolute atomic E-state index is 0.0405. The van der Waals surface area contributed by atoms with Crippen LogP contribution < -0.4 is 10.1 Å². The Morgan fingerprint density at radius 3 is 2.47 bits per heavy atom. The van der Waals surface area contributed by atoms with Crippen LogP contribution in [-0.2, 0) is 11.3 Å². The second-order valence-corrected chi connectivity index (χ2v) is 7.47. The lowest BCUT2D eigenvalue weighted by molar-refractivity contribution is -0.117. The van der Waals surface area contributed by atoms with E-state index in [-0.39, 0.29) is 24.3 Å². The molecular weight excluding hydrogens is 376 g/mol. The molecule has 4 rings (SSSR count). The number of ether oxygens (including phenoxy) is 1. The van der Waals surface area contributed by atoms with Crippen molar-refractivity contribution in [3.63, 3.8) is 0 Å². The molecule has 1 N–H and O–H groups in total. The van der Waals surface area contributed by atoms with Crippen LogP contribution in [0.25, 0.3) is 0 Å². The van der Waals surface area contributed by atoms with Gasteiger partial charge in [-0.2, -0.15) is 0 Å². The van der Waals surface area contributed by atoms with Gasteiger partial charge in [-0.05, 0) is 36.2 Å². The fourth-order valence-electron chi connectivity index (χ4n) is 3.85. The summed E-state index contributed by atoms with van der Waals surface area (Å²) in [5.41, 5.74) is 4.39. The summed E-state index contributed by atoms with van der Waals surface area (Å²) in [6.07, 6.45) is 0.154. The minimum Gasteiger partial charge on any atom is -0.495 e. The lowest BCUT2D eigenvalue weighted by atomic mass is 10.00. The Morgan fingerprint density at radius 2 is 1.73 bits per heavy atom. The van der Waals surface area contributed by atoms with Gasteiger partial charge in [0.25, 0.3) is 5.91 Å². The quantitative estimate of drug-likeness (QED) is 0.651. The molecule has 0 radical (unpaired) electrons. The third kappa shape index (κ3) is 3.92.